The third kappa shape index (κ3) is 4.15. The number of fused-ring (bicyclic) bond motifs is 1. The molecule has 4 rings (SSSR count). The Morgan fingerprint density at radius 2 is 1.97 bits per heavy atom. The largest absolute Gasteiger partial charge is 0.472 e. The average molecular weight is 436 g/mol. The summed E-state index contributed by atoms with van der Waals surface area (Å²) in [6, 6.07) is 5.72. The van der Waals surface area contributed by atoms with Gasteiger partial charge in [-0.3, -0.25) is 10.1 Å². The molecule has 3 heterocycles. The van der Waals surface area contributed by atoms with Gasteiger partial charge in [-0.2, -0.15) is 13.2 Å². The summed E-state index contributed by atoms with van der Waals surface area (Å²) in [4.78, 5) is 31.2. The first-order valence-corrected chi connectivity index (χ1v) is 9.67. The van der Waals surface area contributed by atoms with Gasteiger partial charge in [-0.1, -0.05) is 23.5 Å². The summed E-state index contributed by atoms with van der Waals surface area (Å²) < 4.78 is 44.3. The number of nitrogens with one attached hydrogen (secondary N) is 2. The van der Waals surface area contributed by atoms with E-state index in [1.165, 1.54) is 53.0 Å². The molecule has 3 amide bonds. The minimum atomic E-state index is -4.57. The number of thiazole rings is 1. The van der Waals surface area contributed by atoms with E-state index in [2.05, 4.69) is 15.6 Å². The summed E-state index contributed by atoms with van der Waals surface area (Å²) in [7, 11) is 0. The van der Waals surface area contributed by atoms with Crippen LogP contribution in [0.25, 0.3) is 0 Å². The van der Waals surface area contributed by atoms with Crippen molar-refractivity contribution in [3.05, 3.63) is 64.6 Å². The maximum absolute atomic E-state index is 13.1. The summed E-state index contributed by atoms with van der Waals surface area (Å²) >= 11 is 1.22. The normalized spacial score (nSPS) is 13.6. The van der Waals surface area contributed by atoms with E-state index >= 15 is 0 Å². The van der Waals surface area contributed by atoms with Gasteiger partial charge >= 0.3 is 12.2 Å². The van der Waals surface area contributed by atoms with Crippen LogP contribution in [0.15, 0.2) is 47.3 Å². The Balaban J connectivity index is 1.44. The molecule has 0 spiro atoms. The van der Waals surface area contributed by atoms with Crippen LogP contribution < -0.4 is 10.6 Å². The average Bonchev–Trinajstić information content (AvgIpc) is 3.36. The number of furan rings is 1. The van der Waals surface area contributed by atoms with E-state index in [4.69, 9.17) is 4.42 Å². The van der Waals surface area contributed by atoms with Crippen LogP contribution in [-0.2, 0) is 19.1 Å². The Kier molecular flexibility index (Phi) is 5.20. The zero-order valence-electron chi connectivity index (χ0n) is 15.3. The van der Waals surface area contributed by atoms with Crippen LogP contribution in [-0.4, -0.2) is 28.4 Å². The molecule has 0 bridgehead atoms. The molecular formula is C19H15F3N4O3S. The molecule has 1 aliphatic rings. The van der Waals surface area contributed by atoms with Gasteiger partial charge in [-0.05, 0) is 18.2 Å². The van der Waals surface area contributed by atoms with Gasteiger partial charge in [0.15, 0.2) is 5.13 Å². The summed E-state index contributed by atoms with van der Waals surface area (Å²) in [6.07, 6.45) is -1.44. The predicted molar refractivity (Wildman–Crippen MR) is 103 cm³/mol. The maximum atomic E-state index is 13.1. The van der Waals surface area contributed by atoms with Crippen molar-refractivity contribution < 1.29 is 27.2 Å². The number of rotatable bonds is 3. The molecule has 2 N–H and O–H groups in total. The van der Waals surface area contributed by atoms with Crippen LogP contribution in [0.3, 0.4) is 0 Å². The molecule has 1 aliphatic heterocycles. The number of aromatic nitrogens is 1. The van der Waals surface area contributed by atoms with Gasteiger partial charge in [-0.25, -0.2) is 9.78 Å². The number of hydrogen-bond acceptors (Lipinski definition) is 5. The number of alkyl halides is 3. The fourth-order valence-electron chi connectivity index (χ4n) is 3.02. The van der Waals surface area contributed by atoms with Crippen LogP contribution >= 0.6 is 11.3 Å². The molecule has 2 aromatic heterocycles. The number of halogens is 3. The molecule has 7 nitrogen and oxygen atoms in total. The molecule has 1 aromatic carbocycles. The molecule has 0 saturated carbocycles. The molecule has 0 fully saturated rings. The standard InChI is InChI=1S/C19H15F3N4O3S/c20-19(21,22)12-3-1-2-4-13(12)24-18(28)26-7-5-14-15(9-26)30-17(23-14)25-16(27)11-6-8-29-10-11/h1-4,6,8,10H,5,7,9H2,(H,24,28)(H,23,25,27). The number of hydrogen-bond donors (Lipinski definition) is 2. The second kappa shape index (κ2) is 7.82. The lowest BCUT2D eigenvalue weighted by Gasteiger charge is -2.26. The van der Waals surface area contributed by atoms with Crippen molar-refractivity contribution in [3.8, 4) is 0 Å². The van der Waals surface area contributed by atoms with Crippen molar-refractivity contribution >= 4 is 34.1 Å². The molecule has 156 valence electrons. The van der Waals surface area contributed by atoms with Crippen molar-refractivity contribution in [2.24, 2.45) is 0 Å². The first-order valence-electron chi connectivity index (χ1n) is 8.85. The zero-order chi connectivity index (χ0) is 21.3. The highest BCUT2D eigenvalue weighted by atomic mass is 32.1. The van der Waals surface area contributed by atoms with Gasteiger partial charge in [-0.15, -0.1) is 0 Å². The molecule has 0 unspecified atom stereocenters. The first-order chi connectivity index (χ1) is 14.3. The van der Waals surface area contributed by atoms with Crippen LogP contribution in [0.2, 0.25) is 0 Å². The van der Waals surface area contributed by atoms with Crippen LogP contribution in [0.1, 0.15) is 26.5 Å². The highest BCUT2D eigenvalue weighted by molar-refractivity contribution is 7.15. The fraction of sp³-hybridized carbons (Fsp3) is 0.211. The van der Waals surface area contributed by atoms with Gasteiger partial charge < -0.3 is 14.6 Å². The van der Waals surface area contributed by atoms with E-state index in [1.54, 1.807) is 0 Å². The molecule has 11 heteroatoms. The maximum Gasteiger partial charge on any atom is 0.418 e. The lowest BCUT2D eigenvalue weighted by atomic mass is 10.1. The monoisotopic (exact) mass is 436 g/mol. The number of amides is 3. The lowest BCUT2D eigenvalue weighted by Crippen LogP contribution is -2.38. The van der Waals surface area contributed by atoms with E-state index in [0.29, 0.717) is 23.7 Å². The highest BCUT2D eigenvalue weighted by Gasteiger charge is 2.34. The topological polar surface area (TPSA) is 87.5 Å². The van der Waals surface area contributed by atoms with E-state index in [0.717, 1.165) is 16.6 Å². The molecule has 3 aromatic rings. The van der Waals surface area contributed by atoms with Gasteiger partial charge in [0.1, 0.15) is 6.26 Å². The third-order valence-electron chi connectivity index (χ3n) is 4.50. The molecule has 0 aliphatic carbocycles. The minimum Gasteiger partial charge on any atom is -0.472 e. The number of carbonyl (C=O) groups excluding carboxylic acids is 2. The van der Waals surface area contributed by atoms with Crippen molar-refractivity contribution in [1.82, 2.24) is 9.88 Å². The van der Waals surface area contributed by atoms with E-state index in [-0.39, 0.29) is 18.1 Å². The van der Waals surface area contributed by atoms with E-state index in [1.807, 2.05) is 0 Å². The summed E-state index contributed by atoms with van der Waals surface area (Å²) in [5.74, 6) is -0.367. The Labute approximate surface area is 172 Å². The number of urea groups is 1. The Morgan fingerprint density at radius 3 is 2.70 bits per heavy atom. The van der Waals surface area contributed by atoms with Crippen molar-refractivity contribution in [2.75, 3.05) is 17.2 Å². The Bertz CT molecular complexity index is 1080. The second-order valence-corrected chi connectivity index (χ2v) is 7.58. The summed E-state index contributed by atoms with van der Waals surface area (Å²) in [5.41, 5.74) is -0.0917. The van der Waals surface area contributed by atoms with E-state index < -0.39 is 17.8 Å². The fourth-order valence-corrected chi connectivity index (χ4v) is 4.04. The van der Waals surface area contributed by atoms with Crippen molar-refractivity contribution in [1.29, 1.82) is 0 Å². The minimum absolute atomic E-state index is 0.189. The van der Waals surface area contributed by atoms with Crippen LogP contribution in [0.5, 0.6) is 0 Å². The second-order valence-electron chi connectivity index (χ2n) is 6.50. The number of para-hydroxylation sites is 1. The first kappa shape index (κ1) is 20.0. The van der Waals surface area contributed by atoms with Crippen LogP contribution in [0, 0.1) is 0 Å². The molecule has 0 saturated heterocycles. The number of anilines is 2. The molecule has 0 radical (unpaired) electrons. The highest BCUT2D eigenvalue weighted by Crippen LogP contribution is 2.35. The van der Waals surface area contributed by atoms with Gasteiger partial charge in [0.2, 0.25) is 0 Å². The van der Waals surface area contributed by atoms with Gasteiger partial charge in [0.25, 0.3) is 5.91 Å². The SMILES string of the molecule is O=C(Nc1nc2c(s1)CN(C(=O)Nc1ccccc1C(F)(F)F)CC2)c1ccoc1. The summed E-state index contributed by atoms with van der Waals surface area (Å²) in [5, 5.41) is 5.41. The Morgan fingerprint density at radius 1 is 1.17 bits per heavy atom. The number of benzene rings is 1. The molecular weight excluding hydrogens is 421 g/mol. The van der Waals surface area contributed by atoms with Crippen molar-refractivity contribution in [2.45, 2.75) is 19.1 Å². The molecule has 0 atom stereocenters. The van der Waals surface area contributed by atoms with Gasteiger partial charge in [0, 0.05) is 17.8 Å². The quantitative estimate of drug-likeness (QED) is 0.628. The summed E-state index contributed by atoms with van der Waals surface area (Å²) in [6.45, 7) is 0.487. The zero-order valence-corrected chi connectivity index (χ0v) is 16.1. The smallest absolute Gasteiger partial charge is 0.418 e. The Hall–Kier alpha value is -3.34. The van der Waals surface area contributed by atoms with E-state index in [9.17, 15) is 22.8 Å². The van der Waals surface area contributed by atoms with Crippen molar-refractivity contribution in [3.63, 3.8) is 0 Å². The third-order valence-corrected chi connectivity index (χ3v) is 5.49. The lowest BCUT2D eigenvalue weighted by molar-refractivity contribution is -0.136. The predicted octanol–water partition coefficient (Wildman–Crippen LogP) is 4.60. The number of nitrogens with zero attached hydrogens (tertiary/aromatic N) is 2. The number of carbonyl (C=O) groups is 2. The molecule has 30 heavy (non-hydrogen) atoms. The van der Waals surface area contributed by atoms with Gasteiger partial charge in [0.05, 0.1) is 35.3 Å². The van der Waals surface area contributed by atoms with Crippen LogP contribution in [0.4, 0.5) is 28.8 Å².